The number of rotatable bonds is 3. The van der Waals surface area contributed by atoms with E-state index in [9.17, 15) is 9.18 Å². The third kappa shape index (κ3) is 2.80. The maximum Gasteiger partial charge on any atom is 0.269 e. The Hall–Kier alpha value is -2.41. The second-order valence-corrected chi connectivity index (χ2v) is 5.15. The summed E-state index contributed by atoms with van der Waals surface area (Å²) in [5.41, 5.74) is 0.441. The standard InChI is InChI=1S/C14H11ClFN3O3/c1-7-5-12(19-21-7)17-14(20)11-6-10(18-22-11)13-8(15)3-2-4-9(13)16/h2-5,11H,6H2,1H3,(H,17,19,20)/t11-/m1/s1. The molecule has 0 spiro atoms. The van der Waals surface area contributed by atoms with Gasteiger partial charge in [0.05, 0.1) is 16.3 Å². The molecule has 1 aromatic carbocycles. The SMILES string of the molecule is Cc1cc(NC(=O)[C@H]2CC(c3c(F)cccc3Cl)=NO2)no1. The first kappa shape index (κ1) is 14.5. The molecule has 0 aliphatic carbocycles. The first-order valence-electron chi connectivity index (χ1n) is 6.46. The van der Waals surface area contributed by atoms with E-state index in [1.807, 2.05) is 0 Å². The molecule has 0 radical (unpaired) electrons. The highest BCUT2D eigenvalue weighted by Crippen LogP contribution is 2.26. The summed E-state index contributed by atoms with van der Waals surface area (Å²) in [6.45, 7) is 1.70. The van der Waals surface area contributed by atoms with Crippen molar-refractivity contribution < 1.29 is 18.5 Å². The van der Waals surface area contributed by atoms with Crippen LogP contribution in [0.2, 0.25) is 5.02 Å². The third-order valence-corrected chi connectivity index (χ3v) is 3.41. The molecule has 1 atom stereocenters. The van der Waals surface area contributed by atoms with Gasteiger partial charge >= 0.3 is 0 Å². The van der Waals surface area contributed by atoms with Crippen LogP contribution < -0.4 is 5.32 Å². The third-order valence-electron chi connectivity index (χ3n) is 3.09. The molecule has 1 aliphatic heterocycles. The van der Waals surface area contributed by atoms with E-state index in [0.29, 0.717) is 11.5 Å². The molecular weight excluding hydrogens is 313 g/mol. The van der Waals surface area contributed by atoms with Gasteiger partial charge < -0.3 is 14.7 Å². The van der Waals surface area contributed by atoms with Gasteiger partial charge in [-0.3, -0.25) is 4.79 Å². The van der Waals surface area contributed by atoms with Gasteiger partial charge in [-0.15, -0.1) is 0 Å². The number of halogens is 2. The molecule has 2 aromatic rings. The summed E-state index contributed by atoms with van der Waals surface area (Å²) in [6.07, 6.45) is -0.758. The van der Waals surface area contributed by atoms with E-state index in [1.165, 1.54) is 12.1 Å². The fourth-order valence-electron chi connectivity index (χ4n) is 2.07. The van der Waals surface area contributed by atoms with Gasteiger partial charge in [0.1, 0.15) is 11.6 Å². The van der Waals surface area contributed by atoms with Gasteiger partial charge in [0.15, 0.2) is 5.82 Å². The Morgan fingerprint density at radius 1 is 1.50 bits per heavy atom. The number of hydrogen-bond donors (Lipinski definition) is 1. The van der Waals surface area contributed by atoms with Gasteiger partial charge in [-0.2, -0.15) is 0 Å². The molecule has 0 bridgehead atoms. The molecule has 1 N–H and O–H groups in total. The van der Waals surface area contributed by atoms with Crippen LogP contribution in [0.15, 0.2) is 33.9 Å². The van der Waals surface area contributed by atoms with E-state index in [0.717, 1.165) is 0 Å². The molecule has 0 unspecified atom stereocenters. The van der Waals surface area contributed by atoms with E-state index in [-0.39, 0.29) is 22.8 Å². The Kier molecular flexibility index (Phi) is 3.81. The van der Waals surface area contributed by atoms with Crippen molar-refractivity contribution in [3.05, 3.63) is 46.4 Å². The highest BCUT2D eigenvalue weighted by Gasteiger charge is 2.31. The van der Waals surface area contributed by atoms with E-state index >= 15 is 0 Å². The van der Waals surface area contributed by atoms with Crippen molar-refractivity contribution in [3.63, 3.8) is 0 Å². The van der Waals surface area contributed by atoms with Crippen LogP contribution in [0.3, 0.4) is 0 Å². The zero-order chi connectivity index (χ0) is 15.7. The lowest BCUT2D eigenvalue weighted by Gasteiger charge is -2.07. The second kappa shape index (κ2) is 5.76. The quantitative estimate of drug-likeness (QED) is 0.942. The number of benzene rings is 1. The van der Waals surface area contributed by atoms with Crippen molar-refractivity contribution in [1.82, 2.24) is 5.16 Å². The Balaban J connectivity index is 1.70. The summed E-state index contributed by atoms with van der Waals surface area (Å²) in [4.78, 5) is 17.1. The van der Waals surface area contributed by atoms with Crippen LogP contribution in [0.5, 0.6) is 0 Å². The van der Waals surface area contributed by atoms with Crippen LogP contribution in [0.1, 0.15) is 17.7 Å². The lowest BCUT2D eigenvalue weighted by Crippen LogP contribution is -2.28. The lowest BCUT2D eigenvalue weighted by atomic mass is 10.0. The maximum atomic E-state index is 13.8. The van der Waals surface area contributed by atoms with Gasteiger partial charge in [-0.1, -0.05) is 28.0 Å². The van der Waals surface area contributed by atoms with Crippen LogP contribution in [0.25, 0.3) is 0 Å². The predicted octanol–water partition coefficient (Wildman–Crippen LogP) is 2.91. The van der Waals surface area contributed by atoms with Gasteiger partial charge in [0.2, 0.25) is 6.10 Å². The topological polar surface area (TPSA) is 76.7 Å². The Labute approximate surface area is 129 Å². The van der Waals surface area contributed by atoms with Crippen molar-refractivity contribution in [1.29, 1.82) is 0 Å². The number of carbonyl (C=O) groups is 1. The summed E-state index contributed by atoms with van der Waals surface area (Å²) in [6, 6.07) is 5.89. The van der Waals surface area contributed by atoms with Crippen LogP contribution in [0.4, 0.5) is 10.2 Å². The number of nitrogens with zero attached hydrogens (tertiary/aromatic N) is 2. The van der Waals surface area contributed by atoms with E-state index in [1.54, 1.807) is 19.1 Å². The molecule has 1 aromatic heterocycles. The average Bonchev–Trinajstić information content (AvgIpc) is 3.08. The molecule has 114 valence electrons. The Bertz CT molecular complexity index is 739. The van der Waals surface area contributed by atoms with Crippen molar-refractivity contribution in [2.75, 3.05) is 5.32 Å². The largest absolute Gasteiger partial charge is 0.382 e. The average molecular weight is 324 g/mol. The predicted molar refractivity (Wildman–Crippen MR) is 77.3 cm³/mol. The molecule has 1 amide bonds. The van der Waals surface area contributed by atoms with Crippen molar-refractivity contribution >= 4 is 29.0 Å². The lowest BCUT2D eigenvalue weighted by molar-refractivity contribution is -0.125. The summed E-state index contributed by atoms with van der Waals surface area (Å²) in [5.74, 6) is -0.108. The molecule has 0 fully saturated rings. The molecule has 6 nitrogen and oxygen atoms in total. The minimum atomic E-state index is -0.873. The highest BCUT2D eigenvalue weighted by atomic mass is 35.5. The summed E-state index contributed by atoms with van der Waals surface area (Å²) < 4.78 is 18.7. The van der Waals surface area contributed by atoms with Crippen LogP contribution in [-0.2, 0) is 9.63 Å². The van der Waals surface area contributed by atoms with Crippen molar-refractivity contribution in [3.8, 4) is 0 Å². The van der Waals surface area contributed by atoms with E-state index < -0.39 is 17.8 Å². The van der Waals surface area contributed by atoms with Gasteiger partial charge in [0.25, 0.3) is 5.91 Å². The van der Waals surface area contributed by atoms with Crippen LogP contribution in [-0.4, -0.2) is 22.9 Å². The molecule has 0 saturated heterocycles. The molecular formula is C14H11ClFN3O3. The molecule has 1 aliphatic rings. The normalized spacial score (nSPS) is 17.0. The number of anilines is 1. The highest BCUT2D eigenvalue weighted by molar-refractivity contribution is 6.34. The second-order valence-electron chi connectivity index (χ2n) is 4.74. The zero-order valence-electron chi connectivity index (χ0n) is 11.5. The molecule has 8 heteroatoms. The molecule has 3 rings (SSSR count). The zero-order valence-corrected chi connectivity index (χ0v) is 12.2. The smallest absolute Gasteiger partial charge is 0.269 e. The fraction of sp³-hybridized carbons (Fsp3) is 0.214. The van der Waals surface area contributed by atoms with Crippen molar-refractivity contribution in [2.45, 2.75) is 19.4 Å². The maximum absolute atomic E-state index is 13.8. The van der Waals surface area contributed by atoms with Gasteiger partial charge in [-0.25, -0.2) is 4.39 Å². The first-order chi connectivity index (χ1) is 10.5. The first-order valence-corrected chi connectivity index (χ1v) is 6.83. The number of oxime groups is 1. The minimum Gasteiger partial charge on any atom is -0.382 e. The van der Waals surface area contributed by atoms with E-state index in [2.05, 4.69) is 15.6 Å². The number of aryl methyl sites for hydroxylation is 1. The van der Waals surface area contributed by atoms with Crippen molar-refractivity contribution in [2.24, 2.45) is 5.16 Å². The Morgan fingerprint density at radius 2 is 2.32 bits per heavy atom. The van der Waals surface area contributed by atoms with Gasteiger partial charge in [0, 0.05) is 12.5 Å². The van der Waals surface area contributed by atoms with E-state index in [4.69, 9.17) is 21.0 Å². The van der Waals surface area contributed by atoms with Crippen LogP contribution in [0, 0.1) is 12.7 Å². The van der Waals surface area contributed by atoms with Crippen LogP contribution >= 0.6 is 11.6 Å². The number of aromatic nitrogens is 1. The Morgan fingerprint density at radius 3 is 3.00 bits per heavy atom. The molecule has 0 saturated carbocycles. The fourth-order valence-corrected chi connectivity index (χ4v) is 2.34. The number of hydrogen-bond acceptors (Lipinski definition) is 5. The molecule has 2 heterocycles. The number of carbonyl (C=O) groups excluding carboxylic acids is 1. The minimum absolute atomic E-state index is 0.114. The summed E-state index contributed by atoms with van der Waals surface area (Å²) in [7, 11) is 0. The monoisotopic (exact) mass is 323 g/mol. The molecule has 22 heavy (non-hydrogen) atoms. The van der Waals surface area contributed by atoms with Gasteiger partial charge in [-0.05, 0) is 19.1 Å². The summed E-state index contributed by atoms with van der Waals surface area (Å²) in [5, 5.41) is 10.2. The number of nitrogens with one attached hydrogen (secondary N) is 1. The number of amides is 1. The summed E-state index contributed by atoms with van der Waals surface area (Å²) >= 11 is 5.97.